The second-order valence-electron chi connectivity index (χ2n) is 7.24. The number of anilines is 2. The molecule has 1 aromatic rings. The molecule has 138 valence electrons. The van der Waals surface area contributed by atoms with E-state index in [-0.39, 0.29) is 0 Å². The molecule has 0 saturated heterocycles. The van der Waals surface area contributed by atoms with Crippen LogP contribution in [0.25, 0.3) is 0 Å². The van der Waals surface area contributed by atoms with Crippen LogP contribution in [0.4, 0.5) is 11.4 Å². The molecule has 0 unspecified atom stereocenters. The second kappa shape index (κ2) is 13.1. The molecule has 24 heavy (non-hydrogen) atoms. The summed E-state index contributed by atoms with van der Waals surface area (Å²) in [6.45, 7) is 4.53. The van der Waals surface area contributed by atoms with Gasteiger partial charge >= 0.3 is 0 Å². The Bertz CT molecular complexity index is 399. The maximum Gasteiger partial charge on any atom is 0.0350 e. The van der Waals surface area contributed by atoms with E-state index in [1.807, 2.05) is 12.1 Å². The van der Waals surface area contributed by atoms with Gasteiger partial charge in [0.1, 0.15) is 0 Å². The van der Waals surface area contributed by atoms with Crippen molar-refractivity contribution in [3.8, 4) is 0 Å². The van der Waals surface area contributed by atoms with Crippen molar-refractivity contribution >= 4 is 11.4 Å². The molecule has 0 heterocycles. The van der Waals surface area contributed by atoms with Crippen molar-refractivity contribution in [1.82, 2.24) is 0 Å². The predicted molar refractivity (Wildman–Crippen MR) is 109 cm³/mol. The highest BCUT2D eigenvalue weighted by molar-refractivity contribution is 5.62. The van der Waals surface area contributed by atoms with Crippen LogP contribution in [0, 0.1) is 0 Å². The van der Waals surface area contributed by atoms with Gasteiger partial charge in [-0.25, -0.2) is 0 Å². The van der Waals surface area contributed by atoms with Crippen LogP contribution in [0.1, 0.15) is 102 Å². The third-order valence-corrected chi connectivity index (χ3v) is 5.06. The normalized spacial score (nSPS) is 11.1. The van der Waals surface area contributed by atoms with Crippen LogP contribution in [-0.4, -0.2) is 0 Å². The minimum absolute atomic E-state index is 0.943. The maximum absolute atomic E-state index is 6.27. The maximum atomic E-state index is 6.27. The van der Waals surface area contributed by atoms with Gasteiger partial charge in [-0.1, -0.05) is 78.1 Å². The number of rotatable bonds is 14. The van der Waals surface area contributed by atoms with Gasteiger partial charge in [0, 0.05) is 11.4 Å². The molecule has 0 radical (unpaired) electrons. The van der Waals surface area contributed by atoms with E-state index < -0.39 is 0 Å². The molecular formula is C22H40N2. The number of nitrogens with two attached hydrogens (primary N) is 2. The summed E-state index contributed by atoms with van der Waals surface area (Å²) in [5, 5.41) is 0. The molecule has 0 saturated carbocycles. The summed E-state index contributed by atoms with van der Waals surface area (Å²) in [4.78, 5) is 0. The third kappa shape index (κ3) is 8.08. The fourth-order valence-electron chi connectivity index (χ4n) is 3.48. The molecule has 4 N–H and O–H groups in total. The Balaban J connectivity index is 2.46. The highest BCUT2D eigenvalue weighted by atomic mass is 14.6. The van der Waals surface area contributed by atoms with Gasteiger partial charge in [-0.3, -0.25) is 0 Å². The van der Waals surface area contributed by atoms with E-state index in [1.54, 1.807) is 0 Å². The first-order valence-corrected chi connectivity index (χ1v) is 10.4. The summed E-state index contributed by atoms with van der Waals surface area (Å²) in [5.74, 6) is 0. The smallest absolute Gasteiger partial charge is 0.0350 e. The molecule has 2 heteroatoms. The van der Waals surface area contributed by atoms with Crippen molar-refractivity contribution in [2.45, 2.75) is 104 Å². The standard InChI is InChI=1S/C22H40N2/c1-3-5-7-9-11-13-15-19-20(22(24)18-17-21(19)23)16-14-12-10-8-6-4-2/h17-18H,3-16,23-24H2,1-2H3. The summed E-state index contributed by atoms with van der Waals surface area (Å²) in [6.07, 6.45) is 18.1. The van der Waals surface area contributed by atoms with Crippen LogP contribution in [0.3, 0.4) is 0 Å². The topological polar surface area (TPSA) is 52.0 Å². The van der Waals surface area contributed by atoms with E-state index in [1.165, 1.54) is 88.2 Å². The first kappa shape index (κ1) is 20.9. The Morgan fingerprint density at radius 1 is 0.542 bits per heavy atom. The fraction of sp³-hybridized carbons (Fsp3) is 0.727. The van der Waals surface area contributed by atoms with Crippen molar-refractivity contribution in [3.63, 3.8) is 0 Å². The lowest BCUT2D eigenvalue weighted by Crippen LogP contribution is -2.05. The molecule has 0 amide bonds. The quantitative estimate of drug-likeness (QED) is 0.296. The molecule has 0 aromatic heterocycles. The molecule has 2 nitrogen and oxygen atoms in total. The third-order valence-electron chi connectivity index (χ3n) is 5.06. The van der Waals surface area contributed by atoms with Gasteiger partial charge < -0.3 is 11.5 Å². The first-order chi connectivity index (χ1) is 11.7. The van der Waals surface area contributed by atoms with Crippen LogP contribution in [0.5, 0.6) is 0 Å². The molecule has 1 rings (SSSR count). The van der Waals surface area contributed by atoms with Gasteiger partial charge in [-0.05, 0) is 48.9 Å². The number of benzene rings is 1. The largest absolute Gasteiger partial charge is 0.398 e. The average molecular weight is 333 g/mol. The molecule has 0 aliphatic heterocycles. The van der Waals surface area contributed by atoms with Crippen molar-refractivity contribution in [1.29, 1.82) is 0 Å². The lowest BCUT2D eigenvalue weighted by Gasteiger charge is -2.15. The predicted octanol–water partition coefficient (Wildman–Crippen LogP) is 6.66. The Morgan fingerprint density at radius 3 is 1.25 bits per heavy atom. The summed E-state index contributed by atoms with van der Waals surface area (Å²) in [6, 6.07) is 3.99. The molecular weight excluding hydrogens is 292 g/mol. The van der Waals surface area contributed by atoms with Crippen LogP contribution < -0.4 is 11.5 Å². The summed E-state index contributed by atoms with van der Waals surface area (Å²) >= 11 is 0. The van der Waals surface area contributed by atoms with Gasteiger partial charge in [0.2, 0.25) is 0 Å². The zero-order valence-electron chi connectivity index (χ0n) is 16.2. The van der Waals surface area contributed by atoms with Gasteiger partial charge in [0.05, 0.1) is 0 Å². The van der Waals surface area contributed by atoms with E-state index in [4.69, 9.17) is 11.5 Å². The lowest BCUT2D eigenvalue weighted by molar-refractivity contribution is 0.600. The molecule has 0 aliphatic rings. The molecule has 0 spiro atoms. The van der Waals surface area contributed by atoms with Crippen molar-refractivity contribution in [2.75, 3.05) is 11.5 Å². The molecule has 0 atom stereocenters. The van der Waals surface area contributed by atoms with E-state index in [0.717, 1.165) is 24.2 Å². The number of hydrogen-bond donors (Lipinski definition) is 2. The molecule has 0 bridgehead atoms. The second-order valence-corrected chi connectivity index (χ2v) is 7.24. The SMILES string of the molecule is CCCCCCCCc1c(N)ccc(N)c1CCCCCCCC. The summed E-state index contributed by atoms with van der Waals surface area (Å²) in [5.41, 5.74) is 17.1. The Morgan fingerprint density at radius 2 is 0.875 bits per heavy atom. The van der Waals surface area contributed by atoms with E-state index in [9.17, 15) is 0 Å². The van der Waals surface area contributed by atoms with Gasteiger partial charge in [0.25, 0.3) is 0 Å². The fourth-order valence-corrected chi connectivity index (χ4v) is 3.48. The van der Waals surface area contributed by atoms with Crippen molar-refractivity contribution in [2.24, 2.45) is 0 Å². The highest BCUT2D eigenvalue weighted by Gasteiger charge is 2.10. The van der Waals surface area contributed by atoms with Crippen LogP contribution in [0.2, 0.25) is 0 Å². The van der Waals surface area contributed by atoms with E-state index in [2.05, 4.69) is 13.8 Å². The Kier molecular flexibility index (Phi) is 11.4. The number of unbranched alkanes of at least 4 members (excludes halogenated alkanes) is 10. The Hall–Kier alpha value is -1.18. The first-order valence-electron chi connectivity index (χ1n) is 10.4. The minimum atomic E-state index is 0.943. The molecule has 1 aromatic carbocycles. The van der Waals surface area contributed by atoms with Crippen molar-refractivity contribution in [3.05, 3.63) is 23.3 Å². The highest BCUT2D eigenvalue weighted by Crippen LogP contribution is 2.27. The van der Waals surface area contributed by atoms with Gasteiger partial charge in [-0.2, -0.15) is 0 Å². The van der Waals surface area contributed by atoms with Gasteiger partial charge in [-0.15, -0.1) is 0 Å². The molecule has 0 fully saturated rings. The van der Waals surface area contributed by atoms with Gasteiger partial charge in [0.15, 0.2) is 0 Å². The Labute approximate surface area is 150 Å². The summed E-state index contributed by atoms with van der Waals surface area (Å²) in [7, 11) is 0. The van der Waals surface area contributed by atoms with E-state index >= 15 is 0 Å². The van der Waals surface area contributed by atoms with Crippen LogP contribution in [-0.2, 0) is 12.8 Å². The zero-order valence-corrected chi connectivity index (χ0v) is 16.2. The zero-order chi connectivity index (χ0) is 17.6. The molecule has 0 aliphatic carbocycles. The van der Waals surface area contributed by atoms with Crippen LogP contribution >= 0.6 is 0 Å². The number of nitrogen functional groups attached to an aromatic ring is 2. The summed E-state index contributed by atoms with van der Waals surface area (Å²) < 4.78 is 0. The minimum Gasteiger partial charge on any atom is -0.398 e. The lowest BCUT2D eigenvalue weighted by atomic mass is 9.93. The average Bonchev–Trinajstić information content (AvgIpc) is 2.58. The van der Waals surface area contributed by atoms with Crippen LogP contribution in [0.15, 0.2) is 12.1 Å². The number of hydrogen-bond acceptors (Lipinski definition) is 2. The van der Waals surface area contributed by atoms with Crippen molar-refractivity contribution < 1.29 is 0 Å². The van der Waals surface area contributed by atoms with E-state index in [0.29, 0.717) is 0 Å². The monoisotopic (exact) mass is 332 g/mol.